The Hall–Kier alpha value is -2.32. The molecule has 0 aromatic carbocycles. The molecule has 0 spiro atoms. The summed E-state index contributed by atoms with van der Waals surface area (Å²) in [5.41, 5.74) is 0. The second kappa shape index (κ2) is 51.6. The Labute approximate surface area is 433 Å². The summed E-state index contributed by atoms with van der Waals surface area (Å²) in [5.74, 6) is -0.259. The molecule has 406 valence electrons. The average molecular weight is 1000 g/mol. The molecule has 0 radical (unpaired) electrons. The van der Waals surface area contributed by atoms with Gasteiger partial charge in [0.15, 0.2) is 0 Å². The van der Waals surface area contributed by atoms with E-state index < -0.39 is 20.0 Å². The number of aliphatic hydroxyl groups excluding tert-OH is 1. The number of hydrogen-bond donors (Lipinski definition) is 3. The van der Waals surface area contributed by atoms with Crippen molar-refractivity contribution in [3.8, 4) is 0 Å². The number of phosphoric ester groups is 1. The number of quaternary nitrogens is 1. The fourth-order valence-corrected chi connectivity index (χ4v) is 8.86. The Bertz CT molecular complexity index is 1410. The molecule has 0 saturated carbocycles. The van der Waals surface area contributed by atoms with Gasteiger partial charge in [-0.2, -0.15) is 0 Å². The maximum absolute atomic E-state index is 12.9. The summed E-state index contributed by atoms with van der Waals surface area (Å²) < 4.78 is 23.7. The molecule has 0 bridgehead atoms. The molecule has 3 N–H and O–H groups in total. The molecule has 0 heterocycles. The van der Waals surface area contributed by atoms with Crippen molar-refractivity contribution in [1.29, 1.82) is 0 Å². The van der Waals surface area contributed by atoms with Crippen LogP contribution in [-0.2, 0) is 18.4 Å². The summed E-state index contributed by atoms with van der Waals surface area (Å²) in [4.78, 5) is 23.2. The van der Waals surface area contributed by atoms with Crippen LogP contribution in [0.3, 0.4) is 0 Å². The van der Waals surface area contributed by atoms with E-state index >= 15 is 0 Å². The number of rotatable bonds is 52. The van der Waals surface area contributed by atoms with E-state index in [0.29, 0.717) is 17.4 Å². The minimum atomic E-state index is -4.37. The molecule has 0 aliphatic rings. The molecule has 1 amide bonds. The number of carbonyl (C=O) groups excluding carboxylic acids is 1. The maximum atomic E-state index is 12.9. The van der Waals surface area contributed by atoms with Crippen molar-refractivity contribution in [3.05, 3.63) is 85.1 Å². The Morgan fingerprint density at radius 3 is 1.23 bits per heavy atom. The topological polar surface area (TPSA) is 105 Å². The van der Waals surface area contributed by atoms with Crippen LogP contribution in [0.4, 0.5) is 0 Å². The monoisotopic (exact) mass is 1000 g/mol. The highest BCUT2D eigenvalue weighted by atomic mass is 31.2. The Balaban J connectivity index is 4.26. The van der Waals surface area contributed by atoms with Gasteiger partial charge in [-0.1, -0.05) is 266 Å². The summed E-state index contributed by atoms with van der Waals surface area (Å²) in [6.45, 7) is 4.66. The van der Waals surface area contributed by atoms with Gasteiger partial charge in [-0.25, -0.2) is 4.57 Å². The number of carbonyl (C=O) groups is 1. The molecule has 0 aromatic rings. The lowest BCUT2D eigenvalue weighted by Gasteiger charge is -2.25. The molecule has 0 aliphatic carbocycles. The third kappa shape index (κ3) is 53.5. The lowest BCUT2D eigenvalue weighted by Crippen LogP contribution is -2.45. The maximum Gasteiger partial charge on any atom is 0.472 e. The second-order valence-corrected chi connectivity index (χ2v) is 22.1. The van der Waals surface area contributed by atoms with Gasteiger partial charge in [0.2, 0.25) is 5.91 Å². The van der Waals surface area contributed by atoms with E-state index in [1.807, 2.05) is 39.4 Å². The van der Waals surface area contributed by atoms with Crippen molar-refractivity contribution in [1.82, 2.24) is 5.32 Å². The molecule has 0 rings (SSSR count). The molecule has 0 saturated heterocycles. The van der Waals surface area contributed by atoms with Gasteiger partial charge in [-0.05, 0) is 57.8 Å². The van der Waals surface area contributed by atoms with Crippen molar-refractivity contribution < 1.29 is 32.9 Å². The van der Waals surface area contributed by atoms with E-state index in [2.05, 4.69) is 79.9 Å². The smallest absolute Gasteiger partial charge is 0.387 e. The summed E-state index contributed by atoms with van der Waals surface area (Å²) in [6, 6.07) is -0.893. The molecule has 0 aliphatic heterocycles. The lowest BCUT2D eigenvalue weighted by atomic mass is 10.0. The van der Waals surface area contributed by atoms with Crippen LogP contribution in [0, 0.1) is 0 Å². The van der Waals surface area contributed by atoms with E-state index in [-0.39, 0.29) is 25.5 Å². The highest BCUT2D eigenvalue weighted by Crippen LogP contribution is 2.43. The number of nitrogens with zero attached hydrogens (tertiary/aromatic N) is 1. The molecule has 3 atom stereocenters. The van der Waals surface area contributed by atoms with Crippen LogP contribution in [0.25, 0.3) is 0 Å². The number of phosphoric acid groups is 1. The largest absolute Gasteiger partial charge is 0.472 e. The first-order chi connectivity index (χ1) is 34.0. The normalized spacial score (nSPS) is 14.6. The van der Waals surface area contributed by atoms with Gasteiger partial charge in [0.25, 0.3) is 0 Å². The van der Waals surface area contributed by atoms with Crippen molar-refractivity contribution in [2.75, 3.05) is 40.9 Å². The fourth-order valence-electron chi connectivity index (χ4n) is 8.13. The summed E-state index contributed by atoms with van der Waals surface area (Å²) in [5, 5.41) is 13.9. The number of allylic oxidation sites excluding steroid dienone is 13. The van der Waals surface area contributed by atoms with E-state index in [1.165, 1.54) is 161 Å². The first-order valence-corrected chi connectivity index (χ1v) is 30.5. The van der Waals surface area contributed by atoms with Crippen LogP contribution in [-0.4, -0.2) is 73.4 Å². The molecule has 9 heteroatoms. The van der Waals surface area contributed by atoms with Gasteiger partial charge in [-0.3, -0.25) is 13.8 Å². The molecular weight excluding hydrogens is 888 g/mol. The van der Waals surface area contributed by atoms with Crippen molar-refractivity contribution in [2.45, 2.75) is 257 Å². The van der Waals surface area contributed by atoms with Gasteiger partial charge < -0.3 is 19.8 Å². The van der Waals surface area contributed by atoms with Crippen LogP contribution < -0.4 is 5.32 Å². The molecule has 70 heavy (non-hydrogen) atoms. The molecule has 0 aromatic heterocycles. The SMILES string of the molecule is CC/C=C\C/C=C\C/C=C\C/C=C\C/C=C\C/C=C\CCC(=O)NC(COP(=O)(O)OCC[N+](C)(C)C)C(O)/C=C/CCCCCCCCCCCCCCCCCCCCCCCCCCCCC. The standard InChI is InChI=1S/C61H111N2O6P/c1-6-8-10-12-14-16-18-20-22-24-26-27-28-29-30-31-32-33-34-35-37-38-40-42-44-46-48-50-52-54-60(64)59(58-69-70(66,67)68-57-56-63(3,4)5)62-61(65)55-53-51-49-47-45-43-41-39-36-25-23-21-19-17-15-13-11-9-7-2/h9,11,15,17,21,23,36,39,43,45,49,51-52,54,59-60,64H,6-8,10,12-14,16,18-20,22,24-35,37-38,40-42,44,46-48,50,53,55-58H2,1-5H3,(H-,62,65,66,67)/p+1/b11-9-,17-15-,23-21-,39-36-,45-43-,51-49-,54-52+. The third-order valence-electron chi connectivity index (χ3n) is 12.6. The van der Waals surface area contributed by atoms with E-state index in [4.69, 9.17) is 9.05 Å². The van der Waals surface area contributed by atoms with E-state index in [0.717, 1.165) is 57.8 Å². The first-order valence-electron chi connectivity index (χ1n) is 29.0. The quantitative estimate of drug-likeness (QED) is 0.0243. The average Bonchev–Trinajstić information content (AvgIpc) is 3.32. The number of aliphatic hydroxyl groups is 1. The Kier molecular flexibility index (Phi) is 49.9. The minimum Gasteiger partial charge on any atom is -0.387 e. The van der Waals surface area contributed by atoms with Crippen LogP contribution in [0.15, 0.2) is 85.1 Å². The molecular formula is C61H112N2O6P+. The summed E-state index contributed by atoms with van der Waals surface area (Å²) >= 11 is 0. The van der Waals surface area contributed by atoms with Crippen LogP contribution in [0.5, 0.6) is 0 Å². The predicted molar refractivity (Wildman–Crippen MR) is 304 cm³/mol. The van der Waals surface area contributed by atoms with Gasteiger partial charge >= 0.3 is 7.82 Å². The molecule has 8 nitrogen and oxygen atoms in total. The highest BCUT2D eigenvalue weighted by Gasteiger charge is 2.27. The van der Waals surface area contributed by atoms with Gasteiger partial charge in [0.1, 0.15) is 13.2 Å². The van der Waals surface area contributed by atoms with Crippen molar-refractivity contribution >= 4 is 13.7 Å². The number of amides is 1. The molecule has 0 fully saturated rings. The predicted octanol–water partition coefficient (Wildman–Crippen LogP) is 17.6. The van der Waals surface area contributed by atoms with E-state index in [9.17, 15) is 19.4 Å². The van der Waals surface area contributed by atoms with Crippen LogP contribution >= 0.6 is 7.82 Å². The van der Waals surface area contributed by atoms with Crippen molar-refractivity contribution in [2.24, 2.45) is 0 Å². The van der Waals surface area contributed by atoms with Crippen LogP contribution in [0.2, 0.25) is 0 Å². The minimum absolute atomic E-state index is 0.0440. The number of hydrogen-bond acceptors (Lipinski definition) is 5. The Morgan fingerprint density at radius 2 is 0.857 bits per heavy atom. The fraction of sp³-hybridized carbons (Fsp3) is 0.754. The summed E-state index contributed by atoms with van der Waals surface area (Å²) in [6.07, 6.45) is 72.9. The lowest BCUT2D eigenvalue weighted by molar-refractivity contribution is -0.870. The number of unbranched alkanes of at least 4 members (excludes halogenated alkanes) is 27. The summed E-state index contributed by atoms with van der Waals surface area (Å²) in [7, 11) is 1.52. The third-order valence-corrected chi connectivity index (χ3v) is 13.6. The Morgan fingerprint density at radius 1 is 0.500 bits per heavy atom. The van der Waals surface area contributed by atoms with Gasteiger partial charge in [-0.15, -0.1) is 0 Å². The zero-order chi connectivity index (χ0) is 51.3. The number of likely N-dealkylation sites (N-methyl/N-ethyl adjacent to an activating group) is 1. The number of nitrogens with one attached hydrogen (secondary N) is 1. The van der Waals surface area contributed by atoms with Gasteiger partial charge in [0.05, 0.1) is 39.9 Å². The van der Waals surface area contributed by atoms with Crippen molar-refractivity contribution in [3.63, 3.8) is 0 Å². The second-order valence-electron chi connectivity index (χ2n) is 20.6. The molecule has 3 unspecified atom stereocenters. The zero-order valence-electron chi connectivity index (χ0n) is 46.2. The zero-order valence-corrected chi connectivity index (χ0v) is 47.1. The van der Waals surface area contributed by atoms with Crippen LogP contribution in [0.1, 0.15) is 245 Å². The van der Waals surface area contributed by atoms with E-state index in [1.54, 1.807) is 6.08 Å². The highest BCUT2D eigenvalue weighted by molar-refractivity contribution is 7.47. The first kappa shape index (κ1) is 67.7. The van der Waals surface area contributed by atoms with Gasteiger partial charge in [0, 0.05) is 6.42 Å².